The summed E-state index contributed by atoms with van der Waals surface area (Å²) >= 11 is 0. The molecule has 0 spiro atoms. The van der Waals surface area contributed by atoms with E-state index in [9.17, 15) is 56.2 Å². The number of aliphatic hydroxyl groups is 11. The molecule has 234 valence electrons. The normalized spacial score (nSPS) is 54.3. The fraction of sp³-hybridized carbons (Fsp3) is 1.00. The first-order valence-corrected chi connectivity index (χ1v) is 12.8. The van der Waals surface area contributed by atoms with Crippen LogP contribution in [0.4, 0.5) is 0 Å². The summed E-state index contributed by atoms with van der Waals surface area (Å²) in [5.74, 6) is 0. The van der Waals surface area contributed by atoms with E-state index in [1.807, 2.05) is 0 Å². The maximum absolute atomic E-state index is 10.8. The van der Waals surface area contributed by atoms with Crippen LogP contribution in [0.5, 0.6) is 0 Å². The molecule has 18 atom stereocenters. The van der Waals surface area contributed by atoms with Crippen LogP contribution in [0.1, 0.15) is 6.92 Å². The van der Waals surface area contributed by atoms with Crippen LogP contribution in [0.2, 0.25) is 0 Å². The number of hydrogen-bond acceptors (Lipinski definition) is 18. The van der Waals surface area contributed by atoms with E-state index in [0.717, 1.165) is 0 Å². The van der Waals surface area contributed by atoms with Gasteiger partial charge in [-0.15, -0.1) is 0 Å². The Bertz CT molecular complexity index is 808. The largest absolute Gasteiger partial charge is 0.394 e. The van der Waals surface area contributed by atoms with Crippen LogP contribution in [0, 0.1) is 0 Å². The van der Waals surface area contributed by atoms with Gasteiger partial charge in [0.2, 0.25) is 0 Å². The number of ether oxygens (including phenoxy) is 7. The summed E-state index contributed by atoms with van der Waals surface area (Å²) in [4.78, 5) is 0. The molecule has 18 heteroatoms. The highest BCUT2D eigenvalue weighted by Gasteiger charge is 2.53. The first-order chi connectivity index (χ1) is 18.8. The molecule has 11 N–H and O–H groups in total. The zero-order chi connectivity index (χ0) is 29.5. The van der Waals surface area contributed by atoms with Gasteiger partial charge >= 0.3 is 0 Å². The lowest BCUT2D eigenvalue weighted by Gasteiger charge is -2.48. The second-order valence-electron chi connectivity index (χ2n) is 10.2. The quantitative estimate of drug-likeness (QED) is 0.131. The molecule has 4 fully saturated rings. The third kappa shape index (κ3) is 6.44. The van der Waals surface area contributed by atoms with E-state index in [2.05, 4.69) is 0 Å². The van der Waals surface area contributed by atoms with Gasteiger partial charge < -0.3 is 89.3 Å². The summed E-state index contributed by atoms with van der Waals surface area (Å²) < 4.78 is 38.1. The maximum atomic E-state index is 10.8. The highest BCUT2D eigenvalue weighted by atomic mass is 16.8. The van der Waals surface area contributed by atoms with Crippen LogP contribution in [0.25, 0.3) is 0 Å². The van der Waals surface area contributed by atoms with E-state index in [-0.39, 0.29) is 6.61 Å². The molecule has 0 amide bonds. The lowest BCUT2D eigenvalue weighted by atomic mass is 9.96. The number of rotatable bonds is 7. The first-order valence-electron chi connectivity index (χ1n) is 12.8. The van der Waals surface area contributed by atoms with Gasteiger partial charge in [-0.05, 0) is 6.92 Å². The predicted molar refractivity (Wildman–Crippen MR) is 120 cm³/mol. The number of hydrogen-bond donors (Lipinski definition) is 11. The Balaban J connectivity index is 1.47. The SMILES string of the molecule is C[C@@H]1O[C@@H](O[C@@H]2[C@@H](O)[C@H](O)O[C@H](CO)[C@H]2O[C@@H]2OC[C@@H](O)[C@H](O)[C@H]2O)[C@@H](O)[C@H](O)[C@@H]1O[C@@H]1OC[C@@H](O)[C@H](O)[C@H]1O. The average molecular weight is 591 g/mol. The van der Waals surface area contributed by atoms with Crippen molar-refractivity contribution >= 4 is 0 Å². The Morgan fingerprint density at radius 2 is 1.02 bits per heavy atom. The van der Waals surface area contributed by atoms with Gasteiger partial charge in [-0.3, -0.25) is 0 Å². The van der Waals surface area contributed by atoms with E-state index in [1.54, 1.807) is 0 Å². The summed E-state index contributed by atoms with van der Waals surface area (Å²) in [6.45, 7) is -0.172. The Morgan fingerprint density at radius 3 is 1.55 bits per heavy atom. The van der Waals surface area contributed by atoms with Crippen molar-refractivity contribution in [1.29, 1.82) is 0 Å². The van der Waals surface area contributed by atoms with Gasteiger partial charge in [0, 0.05) is 0 Å². The Kier molecular flexibility index (Phi) is 10.7. The molecule has 0 unspecified atom stereocenters. The molecule has 4 rings (SSSR count). The second kappa shape index (κ2) is 13.3. The maximum Gasteiger partial charge on any atom is 0.187 e. The van der Waals surface area contributed by atoms with Gasteiger partial charge in [0.05, 0.1) is 25.9 Å². The molecule has 4 aliphatic heterocycles. The van der Waals surface area contributed by atoms with Gasteiger partial charge in [0.25, 0.3) is 0 Å². The molecule has 0 aliphatic carbocycles. The van der Waals surface area contributed by atoms with Gasteiger partial charge in [0.15, 0.2) is 25.2 Å². The van der Waals surface area contributed by atoms with Crippen molar-refractivity contribution in [2.24, 2.45) is 0 Å². The number of aliphatic hydroxyl groups excluding tert-OH is 11. The monoisotopic (exact) mass is 590 g/mol. The molecule has 0 aromatic carbocycles. The van der Waals surface area contributed by atoms with Crippen molar-refractivity contribution in [2.45, 2.75) is 118 Å². The third-order valence-electron chi connectivity index (χ3n) is 7.37. The average Bonchev–Trinajstić information content (AvgIpc) is 2.93. The minimum atomic E-state index is -1.91. The van der Waals surface area contributed by atoms with E-state index in [1.165, 1.54) is 6.92 Å². The molecule has 18 nitrogen and oxygen atoms in total. The van der Waals surface area contributed by atoms with E-state index in [0.29, 0.717) is 0 Å². The van der Waals surface area contributed by atoms with Crippen LogP contribution in [0.15, 0.2) is 0 Å². The smallest absolute Gasteiger partial charge is 0.187 e. The van der Waals surface area contributed by atoms with Crippen LogP contribution >= 0.6 is 0 Å². The molecule has 40 heavy (non-hydrogen) atoms. The molecule has 0 aromatic rings. The van der Waals surface area contributed by atoms with Crippen molar-refractivity contribution in [3.05, 3.63) is 0 Å². The van der Waals surface area contributed by atoms with Gasteiger partial charge in [0.1, 0.15) is 79.4 Å². The van der Waals surface area contributed by atoms with Crippen molar-refractivity contribution in [1.82, 2.24) is 0 Å². The predicted octanol–water partition coefficient (Wildman–Crippen LogP) is -7.44. The molecule has 0 saturated carbocycles. The zero-order valence-corrected chi connectivity index (χ0v) is 21.3. The van der Waals surface area contributed by atoms with Crippen LogP contribution in [-0.4, -0.2) is 187 Å². The Labute approximate surface area is 227 Å². The summed E-state index contributed by atoms with van der Waals surface area (Å²) in [6.07, 6.45) is -28.6. The standard InChI is InChI=1S/C22H38O18/c1-5-16(38-20-12(29)9(26)6(24)3-34-20)11(28)14(31)22(36-5)40-18-15(32)19(33)37-8(2-23)17(18)39-21-13(30)10(27)7(25)4-35-21/h5-33H,2-4H2,1H3/t5-,6+,7+,8+,9-,10-,11-,12+,13+,14-,15+,16+,17+,18+,19+,20-,21-,22-/m0/s1. The second-order valence-corrected chi connectivity index (χ2v) is 10.2. The molecule has 4 aliphatic rings. The Hall–Kier alpha value is -0.720. The minimum Gasteiger partial charge on any atom is -0.394 e. The molecular formula is C22H38O18. The summed E-state index contributed by atoms with van der Waals surface area (Å²) in [6, 6.07) is 0. The summed E-state index contributed by atoms with van der Waals surface area (Å²) in [7, 11) is 0. The van der Waals surface area contributed by atoms with Gasteiger partial charge in [-0.25, -0.2) is 0 Å². The van der Waals surface area contributed by atoms with Crippen LogP contribution < -0.4 is 0 Å². The highest BCUT2D eigenvalue weighted by molar-refractivity contribution is 4.96. The van der Waals surface area contributed by atoms with Crippen molar-refractivity contribution in [2.75, 3.05) is 19.8 Å². The third-order valence-corrected chi connectivity index (χ3v) is 7.37. The van der Waals surface area contributed by atoms with Crippen molar-refractivity contribution < 1.29 is 89.3 Å². The molecule has 0 radical (unpaired) electrons. The summed E-state index contributed by atoms with van der Waals surface area (Å²) in [5, 5.41) is 112. The fourth-order valence-corrected chi connectivity index (χ4v) is 4.94. The van der Waals surface area contributed by atoms with E-state index in [4.69, 9.17) is 33.2 Å². The fourth-order valence-electron chi connectivity index (χ4n) is 4.94. The Morgan fingerprint density at radius 1 is 0.550 bits per heavy atom. The van der Waals surface area contributed by atoms with E-state index >= 15 is 0 Å². The van der Waals surface area contributed by atoms with Crippen LogP contribution in [-0.2, 0) is 33.2 Å². The first kappa shape index (κ1) is 32.2. The molecule has 4 heterocycles. The minimum absolute atomic E-state index is 0.373. The van der Waals surface area contributed by atoms with Crippen molar-refractivity contribution in [3.63, 3.8) is 0 Å². The molecule has 0 bridgehead atoms. The highest BCUT2D eigenvalue weighted by Crippen LogP contribution is 2.33. The van der Waals surface area contributed by atoms with Crippen LogP contribution in [0.3, 0.4) is 0 Å². The van der Waals surface area contributed by atoms with E-state index < -0.39 is 124 Å². The van der Waals surface area contributed by atoms with Gasteiger partial charge in [-0.2, -0.15) is 0 Å². The molecule has 0 aromatic heterocycles. The van der Waals surface area contributed by atoms with Gasteiger partial charge in [-0.1, -0.05) is 0 Å². The summed E-state index contributed by atoms with van der Waals surface area (Å²) in [5.41, 5.74) is 0. The molecular weight excluding hydrogens is 552 g/mol. The van der Waals surface area contributed by atoms with Crippen molar-refractivity contribution in [3.8, 4) is 0 Å². The molecule has 4 saturated heterocycles. The topological polar surface area (TPSA) is 287 Å². The zero-order valence-electron chi connectivity index (χ0n) is 21.3. The lowest BCUT2D eigenvalue weighted by molar-refractivity contribution is -0.384. The lowest BCUT2D eigenvalue weighted by Crippen LogP contribution is -2.66.